The Morgan fingerprint density at radius 2 is 1.88 bits per heavy atom. The highest BCUT2D eigenvalue weighted by Gasteiger charge is 2.24. The zero-order chi connectivity index (χ0) is 12.9. The van der Waals surface area contributed by atoms with Crippen LogP contribution in [0.3, 0.4) is 0 Å². The number of primary amides is 1. The monoisotopic (exact) mass is 234 g/mol. The van der Waals surface area contributed by atoms with Crippen LogP contribution in [0.2, 0.25) is 0 Å². The van der Waals surface area contributed by atoms with Crippen LogP contribution in [0.5, 0.6) is 0 Å². The third-order valence-electron chi connectivity index (χ3n) is 3.05. The molecule has 1 aromatic rings. The summed E-state index contributed by atoms with van der Waals surface area (Å²) >= 11 is 0. The van der Waals surface area contributed by atoms with E-state index in [2.05, 4.69) is 30.4 Å². The Bertz CT molecular complexity index is 386. The van der Waals surface area contributed by atoms with Crippen LogP contribution < -0.4 is 11.1 Å². The van der Waals surface area contributed by atoms with Crippen molar-refractivity contribution in [3.8, 4) is 0 Å². The van der Waals surface area contributed by atoms with Crippen LogP contribution in [-0.4, -0.2) is 12.5 Å². The van der Waals surface area contributed by atoms with Crippen molar-refractivity contribution in [2.75, 3.05) is 6.54 Å². The zero-order valence-corrected chi connectivity index (χ0v) is 10.9. The number of amides is 1. The van der Waals surface area contributed by atoms with Gasteiger partial charge in [0, 0.05) is 13.1 Å². The molecule has 0 aliphatic carbocycles. The molecule has 0 aromatic heterocycles. The second-order valence-corrected chi connectivity index (χ2v) is 4.97. The van der Waals surface area contributed by atoms with E-state index < -0.39 is 5.41 Å². The molecular formula is C14H22N2O. The Morgan fingerprint density at radius 1 is 1.29 bits per heavy atom. The van der Waals surface area contributed by atoms with Gasteiger partial charge in [-0.15, -0.1) is 0 Å². The maximum Gasteiger partial charge on any atom is 0.224 e. The van der Waals surface area contributed by atoms with Gasteiger partial charge < -0.3 is 11.1 Å². The number of carbonyl (C=O) groups excluding carboxylic acids is 1. The molecule has 1 aromatic carbocycles. The summed E-state index contributed by atoms with van der Waals surface area (Å²) in [5.74, 6) is -0.270. The van der Waals surface area contributed by atoms with Gasteiger partial charge in [0.15, 0.2) is 0 Å². The second-order valence-electron chi connectivity index (χ2n) is 4.97. The summed E-state index contributed by atoms with van der Waals surface area (Å²) in [6, 6.07) is 8.34. The van der Waals surface area contributed by atoms with Crippen LogP contribution in [0.1, 0.15) is 31.9 Å². The molecule has 0 heterocycles. The van der Waals surface area contributed by atoms with E-state index in [1.54, 1.807) is 0 Å². The quantitative estimate of drug-likeness (QED) is 0.789. The van der Waals surface area contributed by atoms with Gasteiger partial charge >= 0.3 is 0 Å². The molecule has 0 unspecified atom stereocenters. The summed E-state index contributed by atoms with van der Waals surface area (Å²) in [5.41, 5.74) is 7.46. The molecule has 3 N–H and O–H groups in total. The molecule has 3 heteroatoms. The predicted molar refractivity (Wildman–Crippen MR) is 70.5 cm³/mol. The lowest BCUT2D eigenvalue weighted by molar-refractivity contribution is -0.125. The van der Waals surface area contributed by atoms with Crippen LogP contribution in [0, 0.1) is 5.41 Å². The Labute approximate surface area is 103 Å². The van der Waals surface area contributed by atoms with Crippen molar-refractivity contribution in [3.05, 3.63) is 35.4 Å². The SMILES string of the molecule is CCc1ccccc1CNCC(C)(C)C(N)=O. The van der Waals surface area contributed by atoms with E-state index >= 15 is 0 Å². The second kappa shape index (κ2) is 5.82. The average Bonchev–Trinajstić information content (AvgIpc) is 2.29. The van der Waals surface area contributed by atoms with E-state index in [0.717, 1.165) is 13.0 Å². The molecule has 0 spiro atoms. The number of nitrogens with two attached hydrogens (primary N) is 1. The Balaban J connectivity index is 2.54. The minimum atomic E-state index is -0.499. The first-order chi connectivity index (χ1) is 7.97. The van der Waals surface area contributed by atoms with E-state index in [9.17, 15) is 4.79 Å². The lowest BCUT2D eigenvalue weighted by atomic mass is 9.92. The van der Waals surface area contributed by atoms with Crippen molar-refractivity contribution >= 4 is 5.91 Å². The Kier molecular flexibility index (Phi) is 4.70. The molecule has 1 amide bonds. The first kappa shape index (κ1) is 13.7. The minimum Gasteiger partial charge on any atom is -0.369 e. The standard InChI is InChI=1S/C14H22N2O/c1-4-11-7-5-6-8-12(11)9-16-10-14(2,3)13(15)17/h5-8,16H,4,9-10H2,1-3H3,(H2,15,17). The molecule has 1 rings (SSSR count). The molecular weight excluding hydrogens is 212 g/mol. The van der Waals surface area contributed by atoms with Gasteiger partial charge in [0.1, 0.15) is 0 Å². The lowest BCUT2D eigenvalue weighted by Crippen LogP contribution is -2.40. The third kappa shape index (κ3) is 3.86. The molecule has 0 bridgehead atoms. The average molecular weight is 234 g/mol. The lowest BCUT2D eigenvalue weighted by Gasteiger charge is -2.21. The molecule has 0 fully saturated rings. The van der Waals surface area contributed by atoms with Crippen molar-refractivity contribution in [2.45, 2.75) is 33.7 Å². The van der Waals surface area contributed by atoms with Gasteiger partial charge in [0.2, 0.25) is 5.91 Å². The van der Waals surface area contributed by atoms with Gasteiger partial charge in [0.25, 0.3) is 0 Å². The molecule has 0 saturated carbocycles. The maximum absolute atomic E-state index is 11.2. The van der Waals surface area contributed by atoms with Crippen LogP contribution in [0.25, 0.3) is 0 Å². The number of nitrogens with one attached hydrogen (secondary N) is 1. The molecule has 94 valence electrons. The fourth-order valence-corrected chi connectivity index (χ4v) is 1.67. The number of hydrogen-bond acceptors (Lipinski definition) is 2. The summed E-state index contributed by atoms with van der Waals surface area (Å²) in [4.78, 5) is 11.2. The number of aryl methyl sites for hydroxylation is 1. The van der Waals surface area contributed by atoms with Gasteiger partial charge in [-0.05, 0) is 31.4 Å². The van der Waals surface area contributed by atoms with E-state index in [4.69, 9.17) is 5.73 Å². The first-order valence-corrected chi connectivity index (χ1v) is 6.05. The summed E-state index contributed by atoms with van der Waals surface area (Å²) < 4.78 is 0. The summed E-state index contributed by atoms with van der Waals surface area (Å²) in [7, 11) is 0. The van der Waals surface area contributed by atoms with Gasteiger partial charge in [-0.25, -0.2) is 0 Å². The predicted octanol–water partition coefficient (Wildman–Crippen LogP) is 1.85. The third-order valence-corrected chi connectivity index (χ3v) is 3.05. The molecule has 0 radical (unpaired) electrons. The largest absolute Gasteiger partial charge is 0.369 e. The molecule has 0 aliphatic rings. The number of benzene rings is 1. The van der Waals surface area contributed by atoms with Crippen LogP contribution >= 0.6 is 0 Å². The normalized spacial score (nSPS) is 11.5. The highest BCUT2D eigenvalue weighted by atomic mass is 16.1. The van der Waals surface area contributed by atoms with Crippen molar-refractivity contribution in [1.82, 2.24) is 5.32 Å². The maximum atomic E-state index is 11.2. The Hall–Kier alpha value is -1.35. The number of hydrogen-bond donors (Lipinski definition) is 2. The van der Waals surface area contributed by atoms with Gasteiger partial charge in [0.05, 0.1) is 5.41 Å². The Morgan fingerprint density at radius 3 is 2.41 bits per heavy atom. The first-order valence-electron chi connectivity index (χ1n) is 6.05. The topological polar surface area (TPSA) is 55.1 Å². The summed E-state index contributed by atoms with van der Waals surface area (Å²) in [6.45, 7) is 7.23. The highest BCUT2D eigenvalue weighted by molar-refractivity contribution is 5.80. The minimum absolute atomic E-state index is 0.270. The number of rotatable bonds is 6. The molecule has 17 heavy (non-hydrogen) atoms. The van der Waals surface area contributed by atoms with E-state index in [1.165, 1.54) is 11.1 Å². The molecule has 0 aliphatic heterocycles. The van der Waals surface area contributed by atoms with Crippen molar-refractivity contribution in [2.24, 2.45) is 11.1 Å². The fourth-order valence-electron chi connectivity index (χ4n) is 1.67. The van der Waals surface area contributed by atoms with Gasteiger partial charge in [-0.1, -0.05) is 31.2 Å². The van der Waals surface area contributed by atoms with Gasteiger partial charge in [-0.2, -0.15) is 0 Å². The van der Waals surface area contributed by atoms with Crippen LogP contribution in [-0.2, 0) is 17.8 Å². The summed E-state index contributed by atoms with van der Waals surface area (Å²) in [6.07, 6.45) is 1.02. The fraction of sp³-hybridized carbons (Fsp3) is 0.500. The van der Waals surface area contributed by atoms with Crippen LogP contribution in [0.15, 0.2) is 24.3 Å². The van der Waals surface area contributed by atoms with Gasteiger partial charge in [-0.3, -0.25) is 4.79 Å². The smallest absolute Gasteiger partial charge is 0.224 e. The highest BCUT2D eigenvalue weighted by Crippen LogP contribution is 2.13. The molecule has 3 nitrogen and oxygen atoms in total. The van der Waals surface area contributed by atoms with E-state index in [0.29, 0.717) is 6.54 Å². The van der Waals surface area contributed by atoms with Crippen LogP contribution in [0.4, 0.5) is 0 Å². The molecule has 0 saturated heterocycles. The van der Waals surface area contributed by atoms with Crippen molar-refractivity contribution in [3.63, 3.8) is 0 Å². The summed E-state index contributed by atoms with van der Waals surface area (Å²) in [5, 5.41) is 3.30. The number of carbonyl (C=O) groups is 1. The van der Waals surface area contributed by atoms with Crippen molar-refractivity contribution < 1.29 is 4.79 Å². The van der Waals surface area contributed by atoms with E-state index in [-0.39, 0.29) is 5.91 Å². The molecule has 0 atom stereocenters. The van der Waals surface area contributed by atoms with E-state index in [1.807, 2.05) is 19.9 Å². The van der Waals surface area contributed by atoms with Crippen molar-refractivity contribution in [1.29, 1.82) is 0 Å². The zero-order valence-electron chi connectivity index (χ0n) is 10.9.